The first-order chi connectivity index (χ1) is 14.6. The fourth-order valence-corrected chi connectivity index (χ4v) is 3.91. The van der Waals surface area contributed by atoms with E-state index in [0.29, 0.717) is 17.2 Å². The summed E-state index contributed by atoms with van der Waals surface area (Å²) in [6.07, 6.45) is 2.40. The molecule has 0 spiro atoms. The molecule has 0 atom stereocenters. The zero-order valence-electron chi connectivity index (χ0n) is 16.6. The van der Waals surface area contributed by atoms with Crippen molar-refractivity contribution >= 4 is 45.1 Å². The fourth-order valence-electron chi connectivity index (χ4n) is 2.70. The minimum absolute atomic E-state index is 0.00639. The van der Waals surface area contributed by atoms with E-state index in [1.165, 1.54) is 54.6 Å². The lowest BCUT2D eigenvalue weighted by atomic mass is 10.2. The van der Waals surface area contributed by atoms with Crippen LogP contribution in [0.4, 0.5) is 15.9 Å². The van der Waals surface area contributed by atoms with Crippen LogP contribution in [0.25, 0.3) is 6.08 Å². The number of sulfonamides is 1. The summed E-state index contributed by atoms with van der Waals surface area (Å²) in [5, 5.41) is 2.75. The first-order valence-corrected chi connectivity index (χ1v) is 10.9. The summed E-state index contributed by atoms with van der Waals surface area (Å²) >= 11 is 5.91. The Morgan fingerprint density at radius 1 is 1.10 bits per heavy atom. The largest absolute Gasteiger partial charge is 0.323 e. The third-order valence-electron chi connectivity index (χ3n) is 4.04. The maximum absolute atomic E-state index is 13.7. The second kappa shape index (κ2) is 9.23. The molecular weight excluding hydrogens is 443 g/mol. The molecule has 31 heavy (non-hydrogen) atoms. The van der Waals surface area contributed by atoms with Gasteiger partial charge in [0.05, 0.1) is 9.92 Å². The molecule has 0 aliphatic carbocycles. The molecule has 0 unspecified atom stereocenters. The number of aryl methyl sites for hydroxylation is 2. The predicted molar refractivity (Wildman–Crippen MR) is 118 cm³/mol. The Hall–Kier alpha value is -3.30. The van der Waals surface area contributed by atoms with Crippen LogP contribution >= 0.6 is 11.6 Å². The topological polar surface area (TPSA) is 101 Å². The van der Waals surface area contributed by atoms with E-state index in [-0.39, 0.29) is 21.3 Å². The summed E-state index contributed by atoms with van der Waals surface area (Å²) < 4.78 is 41.3. The number of rotatable bonds is 6. The van der Waals surface area contributed by atoms with Crippen molar-refractivity contribution in [2.75, 3.05) is 10.0 Å². The quantitative estimate of drug-likeness (QED) is 0.533. The number of nitrogens with zero attached hydrogens (tertiary/aromatic N) is 2. The van der Waals surface area contributed by atoms with Gasteiger partial charge in [-0.15, -0.1) is 0 Å². The number of anilines is 2. The molecule has 2 N–H and O–H groups in total. The molecule has 1 heterocycles. The van der Waals surface area contributed by atoms with E-state index >= 15 is 0 Å². The molecule has 1 amide bonds. The zero-order valence-corrected chi connectivity index (χ0v) is 18.1. The Labute approximate surface area is 184 Å². The third kappa shape index (κ3) is 5.87. The van der Waals surface area contributed by atoms with Gasteiger partial charge in [0, 0.05) is 29.1 Å². The van der Waals surface area contributed by atoms with Gasteiger partial charge in [0.1, 0.15) is 17.5 Å². The average Bonchev–Trinajstić information content (AvgIpc) is 2.67. The van der Waals surface area contributed by atoms with Gasteiger partial charge in [0.25, 0.3) is 10.0 Å². The number of aromatic nitrogens is 2. The number of carbonyl (C=O) groups is 1. The van der Waals surface area contributed by atoms with Gasteiger partial charge >= 0.3 is 0 Å². The van der Waals surface area contributed by atoms with E-state index in [1.807, 2.05) is 0 Å². The van der Waals surface area contributed by atoms with Gasteiger partial charge < -0.3 is 5.32 Å². The Bertz CT molecular complexity index is 1220. The Morgan fingerprint density at radius 2 is 1.81 bits per heavy atom. The van der Waals surface area contributed by atoms with Crippen molar-refractivity contribution in [1.29, 1.82) is 0 Å². The van der Waals surface area contributed by atoms with Gasteiger partial charge in [-0.3, -0.25) is 9.52 Å². The normalized spacial score (nSPS) is 11.5. The molecule has 2 aromatic carbocycles. The highest BCUT2D eigenvalue weighted by Gasteiger charge is 2.15. The minimum Gasteiger partial charge on any atom is -0.323 e. The first kappa shape index (κ1) is 22.4. The van der Waals surface area contributed by atoms with Crippen LogP contribution in [-0.2, 0) is 14.8 Å². The Morgan fingerprint density at radius 3 is 2.45 bits per heavy atom. The second-order valence-electron chi connectivity index (χ2n) is 6.53. The summed E-state index contributed by atoms with van der Waals surface area (Å²) in [4.78, 5) is 20.2. The third-order valence-corrected chi connectivity index (χ3v) is 5.74. The smallest absolute Gasteiger partial charge is 0.263 e. The van der Waals surface area contributed by atoms with Crippen LogP contribution in [0, 0.1) is 19.7 Å². The van der Waals surface area contributed by atoms with E-state index in [2.05, 4.69) is 20.0 Å². The van der Waals surface area contributed by atoms with E-state index < -0.39 is 21.7 Å². The predicted octanol–water partition coefficient (Wildman–Crippen LogP) is 4.34. The van der Waals surface area contributed by atoms with Crippen LogP contribution in [0.15, 0.2) is 59.5 Å². The molecule has 0 saturated carbocycles. The maximum Gasteiger partial charge on any atom is 0.263 e. The van der Waals surface area contributed by atoms with E-state index in [1.54, 1.807) is 13.8 Å². The molecule has 0 saturated heterocycles. The summed E-state index contributed by atoms with van der Waals surface area (Å²) in [7, 11) is -3.87. The highest BCUT2D eigenvalue weighted by Crippen LogP contribution is 2.21. The molecule has 0 aliphatic rings. The van der Waals surface area contributed by atoms with Crippen LogP contribution in [-0.4, -0.2) is 24.3 Å². The first-order valence-electron chi connectivity index (χ1n) is 9.02. The van der Waals surface area contributed by atoms with Crippen molar-refractivity contribution in [3.05, 3.63) is 82.5 Å². The van der Waals surface area contributed by atoms with Crippen LogP contribution in [0.3, 0.4) is 0 Å². The fraction of sp³-hybridized carbons (Fsp3) is 0.0952. The molecule has 160 valence electrons. The SMILES string of the molecule is Cc1cc(NS(=O)(=O)c2ccc(NC(=O)C=Cc3c(F)cccc3Cl)cc2)nc(C)n1. The molecule has 3 rings (SSSR count). The zero-order chi connectivity index (χ0) is 22.6. The molecular formula is C21H18ClFN4O3S. The highest BCUT2D eigenvalue weighted by atomic mass is 35.5. The number of amides is 1. The van der Waals surface area contributed by atoms with Crippen molar-refractivity contribution in [1.82, 2.24) is 9.97 Å². The lowest BCUT2D eigenvalue weighted by molar-refractivity contribution is -0.111. The standard InChI is InChI=1S/C21H18ClFN4O3S/c1-13-12-20(25-14(2)24-13)27-31(29,30)16-8-6-15(7-9-16)26-21(28)11-10-17-18(22)4-3-5-19(17)23/h3-12H,1-2H3,(H,26,28)(H,24,25,27). The molecule has 0 radical (unpaired) electrons. The van der Waals surface area contributed by atoms with Crippen LogP contribution < -0.4 is 10.0 Å². The Balaban J connectivity index is 1.69. The van der Waals surface area contributed by atoms with Gasteiger partial charge in [-0.05, 0) is 56.3 Å². The maximum atomic E-state index is 13.7. The molecule has 1 aromatic heterocycles. The van der Waals surface area contributed by atoms with Crippen molar-refractivity contribution in [3.8, 4) is 0 Å². The summed E-state index contributed by atoms with van der Waals surface area (Å²) in [5.74, 6) is -0.465. The van der Waals surface area contributed by atoms with Crippen molar-refractivity contribution in [2.45, 2.75) is 18.7 Å². The second-order valence-corrected chi connectivity index (χ2v) is 8.62. The van der Waals surface area contributed by atoms with Gasteiger partial charge in [-0.25, -0.2) is 22.8 Å². The van der Waals surface area contributed by atoms with Gasteiger partial charge in [0.15, 0.2) is 0 Å². The molecule has 0 aliphatic heterocycles. The lowest BCUT2D eigenvalue weighted by Gasteiger charge is -2.09. The van der Waals surface area contributed by atoms with E-state index in [4.69, 9.17) is 11.6 Å². The minimum atomic E-state index is -3.87. The number of hydrogen-bond donors (Lipinski definition) is 2. The number of nitrogens with one attached hydrogen (secondary N) is 2. The van der Waals surface area contributed by atoms with E-state index in [9.17, 15) is 17.6 Å². The van der Waals surface area contributed by atoms with E-state index in [0.717, 1.165) is 6.08 Å². The highest BCUT2D eigenvalue weighted by molar-refractivity contribution is 7.92. The molecule has 7 nitrogen and oxygen atoms in total. The van der Waals surface area contributed by atoms with Crippen molar-refractivity contribution < 1.29 is 17.6 Å². The number of carbonyl (C=O) groups excluding carboxylic acids is 1. The molecule has 10 heteroatoms. The van der Waals surface area contributed by atoms with Gasteiger partial charge in [-0.1, -0.05) is 17.7 Å². The summed E-state index contributed by atoms with van der Waals surface area (Å²) in [6.45, 7) is 3.40. The van der Waals surface area contributed by atoms with Crippen LogP contribution in [0.1, 0.15) is 17.1 Å². The molecule has 0 bridgehead atoms. The lowest BCUT2D eigenvalue weighted by Crippen LogP contribution is -2.15. The van der Waals surface area contributed by atoms with Gasteiger partial charge in [0.2, 0.25) is 5.91 Å². The summed E-state index contributed by atoms with van der Waals surface area (Å²) in [5.41, 5.74) is 1.09. The number of halogens is 2. The number of hydrogen-bond acceptors (Lipinski definition) is 5. The monoisotopic (exact) mass is 460 g/mol. The van der Waals surface area contributed by atoms with Crippen LogP contribution in [0.5, 0.6) is 0 Å². The summed E-state index contributed by atoms with van der Waals surface area (Å²) in [6, 6.07) is 11.3. The molecule has 0 fully saturated rings. The van der Waals surface area contributed by atoms with Crippen molar-refractivity contribution in [2.24, 2.45) is 0 Å². The van der Waals surface area contributed by atoms with Gasteiger partial charge in [-0.2, -0.15) is 0 Å². The Kier molecular flexibility index (Phi) is 6.67. The van der Waals surface area contributed by atoms with Crippen LogP contribution in [0.2, 0.25) is 5.02 Å². The molecule has 3 aromatic rings. The number of benzene rings is 2. The van der Waals surface area contributed by atoms with Crippen molar-refractivity contribution in [3.63, 3.8) is 0 Å². The average molecular weight is 461 g/mol.